The van der Waals surface area contributed by atoms with E-state index >= 15 is 0 Å². The highest BCUT2D eigenvalue weighted by Crippen LogP contribution is 2.31. The third-order valence-electron chi connectivity index (χ3n) is 3.57. The van der Waals surface area contributed by atoms with Crippen molar-refractivity contribution in [2.24, 2.45) is 5.92 Å². The average Bonchev–Trinajstić information content (AvgIpc) is 3.13. The fraction of sp³-hybridized carbons (Fsp3) is 1.00. The Bertz CT molecular complexity index is 350. The van der Waals surface area contributed by atoms with Gasteiger partial charge in [-0.1, -0.05) is 20.8 Å². The maximum Gasteiger partial charge on any atom is 0.218 e. The smallest absolute Gasteiger partial charge is 0.218 e. The van der Waals surface area contributed by atoms with Gasteiger partial charge in [0.2, 0.25) is 10.0 Å². The van der Waals surface area contributed by atoms with E-state index in [1.165, 1.54) is 0 Å². The predicted octanol–water partition coefficient (Wildman–Crippen LogP) is 2.21. The molecule has 0 aromatic heterocycles. The zero-order chi connectivity index (χ0) is 14.5. The van der Waals surface area contributed by atoms with Gasteiger partial charge in [-0.25, -0.2) is 8.42 Å². The topological polar surface area (TPSA) is 49.4 Å². The zero-order valence-corrected chi connectivity index (χ0v) is 13.7. The molecule has 0 saturated heterocycles. The van der Waals surface area contributed by atoms with Crippen LogP contribution in [0.5, 0.6) is 0 Å². The highest BCUT2D eigenvalue weighted by molar-refractivity contribution is 7.89. The van der Waals surface area contributed by atoms with Gasteiger partial charge >= 0.3 is 0 Å². The summed E-state index contributed by atoms with van der Waals surface area (Å²) in [5.74, 6) is 0.546. The molecule has 1 atom stereocenters. The number of sulfonamides is 1. The third-order valence-corrected chi connectivity index (χ3v) is 5.89. The Morgan fingerprint density at radius 2 is 1.89 bits per heavy atom. The lowest BCUT2D eigenvalue weighted by atomic mass is 10.1. The molecule has 0 aromatic carbocycles. The molecule has 0 radical (unpaired) electrons. The Balaban J connectivity index is 2.59. The van der Waals surface area contributed by atoms with Crippen LogP contribution in [0.3, 0.4) is 0 Å². The molecule has 19 heavy (non-hydrogen) atoms. The van der Waals surface area contributed by atoms with E-state index in [-0.39, 0.29) is 11.3 Å². The van der Waals surface area contributed by atoms with Crippen molar-refractivity contribution in [1.82, 2.24) is 9.62 Å². The summed E-state index contributed by atoms with van der Waals surface area (Å²) < 4.78 is 27.0. The van der Waals surface area contributed by atoms with Crippen molar-refractivity contribution >= 4 is 10.0 Å². The summed E-state index contributed by atoms with van der Waals surface area (Å²) >= 11 is 0. The SMILES string of the molecule is CCCNCC(C)S(=O)(=O)N(CCC(C)C)C1CC1. The second-order valence-electron chi connectivity index (χ2n) is 6.08. The van der Waals surface area contributed by atoms with E-state index in [1.807, 2.05) is 6.92 Å². The highest BCUT2D eigenvalue weighted by atomic mass is 32.2. The first-order chi connectivity index (χ1) is 8.89. The van der Waals surface area contributed by atoms with Crippen molar-refractivity contribution in [3.05, 3.63) is 0 Å². The Morgan fingerprint density at radius 1 is 1.26 bits per heavy atom. The van der Waals surface area contributed by atoms with Gasteiger partial charge in [0, 0.05) is 19.1 Å². The quantitative estimate of drug-likeness (QED) is 0.628. The van der Waals surface area contributed by atoms with E-state index in [2.05, 4.69) is 26.1 Å². The van der Waals surface area contributed by atoms with E-state index in [0.29, 0.717) is 19.0 Å². The monoisotopic (exact) mass is 290 g/mol. The van der Waals surface area contributed by atoms with E-state index in [1.54, 1.807) is 4.31 Å². The maximum atomic E-state index is 12.6. The van der Waals surface area contributed by atoms with E-state index in [0.717, 1.165) is 32.2 Å². The molecule has 1 fully saturated rings. The first kappa shape index (κ1) is 16.9. The van der Waals surface area contributed by atoms with Crippen molar-refractivity contribution < 1.29 is 8.42 Å². The molecule has 1 aliphatic rings. The molecule has 1 N–H and O–H groups in total. The number of hydrogen-bond donors (Lipinski definition) is 1. The standard InChI is InChI=1S/C14H30N2O2S/c1-5-9-15-11-13(4)19(17,18)16(14-6-7-14)10-8-12(2)3/h12-15H,5-11H2,1-4H3. The summed E-state index contributed by atoms with van der Waals surface area (Å²) in [7, 11) is -3.14. The van der Waals surface area contributed by atoms with Crippen LogP contribution in [0.4, 0.5) is 0 Å². The second kappa shape index (κ2) is 7.60. The van der Waals surface area contributed by atoms with Crippen molar-refractivity contribution in [3.8, 4) is 0 Å². The Hall–Kier alpha value is -0.130. The van der Waals surface area contributed by atoms with Crippen molar-refractivity contribution in [2.75, 3.05) is 19.6 Å². The van der Waals surface area contributed by atoms with Crippen LogP contribution in [0.1, 0.15) is 53.4 Å². The van der Waals surface area contributed by atoms with Crippen LogP contribution >= 0.6 is 0 Å². The van der Waals surface area contributed by atoms with Crippen LogP contribution in [0.25, 0.3) is 0 Å². The summed E-state index contributed by atoms with van der Waals surface area (Å²) in [6.45, 7) is 10.3. The van der Waals surface area contributed by atoms with Crippen LogP contribution in [0, 0.1) is 5.92 Å². The Labute approximate surface area is 119 Å². The zero-order valence-electron chi connectivity index (χ0n) is 12.9. The molecule has 0 aromatic rings. The van der Waals surface area contributed by atoms with Crippen LogP contribution in [0.15, 0.2) is 0 Å². The van der Waals surface area contributed by atoms with Gasteiger partial charge in [0.25, 0.3) is 0 Å². The summed E-state index contributed by atoms with van der Waals surface area (Å²) in [5, 5.41) is 2.89. The van der Waals surface area contributed by atoms with Gasteiger partial charge in [-0.3, -0.25) is 0 Å². The summed E-state index contributed by atoms with van der Waals surface area (Å²) in [6.07, 6.45) is 4.05. The predicted molar refractivity (Wildman–Crippen MR) is 80.7 cm³/mol. The molecule has 0 aliphatic heterocycles. The molecule has 0 bridgehead atoms. The van der Waals surface area contributed by atoms with Crippen LogP contribution in [-0.4, -0.2) is 43.6 Å². The molecule has 0 spiro atoms. The van der Waals surface area contributed by atoms with Gasteiger partial charge in [0.15, 0.2) is 0 Å². The normalized spacial score (nSPS) is 18.2. The summed E-state index contributed by atoms with van der Waals surface area (Å²) in [5.41, 5.74) is 0. The minimum absolute atomic E-state index is 0.275. The highest BCUT2D eigenvalue weighted by Gasteiger charge is 2.39. The van der Waals surface area contributed by atoms with E-state index in [4.69, 9.17) is 0 Å². The minimum atomic E-state index is -3.14. The lowest BCUT2D eigenvalue weighted by Crippen LogP contribution is -2.44. The van der Waals surface area contributed by atoms with Crippen molar-refractivity contribution in [3.63, 3.8) is 0 Å². The molecule has 1 aliphatic carbocycles. The number of nitrogens with one attached hydrogen (secondary N) is 1. The number of rotatable bonds is 10. The number of hydrogen-bond acceptors (Lipinski definition) is 3. The van der Waals surface area contributed by atoms with Crippen LogP contribution < -0.4 is 5.32 Å². The molecule has 114 valence electrons. The van der Waals surface area contributed by atoms with Crippen molar-refractivity contribution in [2.45, 2.75) is 64.7 Å². The first-order valence-corrected chi connectivity index (χ1v) is 9.11. The third kappa shape index (κ3) is 5.40. The molecule has 1 rings (SSSR count). The lowest BCUT2D eigenvalue weighted by Gasteiger charge is -2.26. The van der Waals surface area contributed by atoms with Gasteiger partial charge in [-0.05, 0) is 45.1 Å². The van der Waals surface area contributed by atoms with Gasteiger partial charge < -0.3 is 5.32 Å². The molecule has 1 unspecified atom stereocenters. The fourth-order valence-electron chi connectivity index (χ4n) is 2.08. The Kier molecular flexibility index (Phi) is 6.77. The maximum absolute atomic E-state index is 12.6. The molecule has 5 heteroatoms. The fourth-order valence-corrected chi connectivity index (χ4v) is 3.86. The van der Waals surface area contributed by atoms with Gasteiger partial charge in [-0.15, -0.1) is 0 Å². The van der Waals surface area contributed by atoms with Crippen LogP contribution in [-0.2, 0) is 10.0 Å². The van der Waals surface area contributed by atoms with E-state index < -0.39 is 10.0 Å². The summed E-state index contributed by atoms with van der Waals surface area (Å²) in [6, 6.07) is 0.275. The minimum Gasteiger partial charge on any atom is -0.315 e. The molecule has 1 saturated carbocycles. The van der Waals surface area contributed by atoms with Gasteiger partial charge in [-0.2, -0.15) is 4.31 Å². The molecular weight excluding hydrogens is 260 g/mol. The van der Waals surface area contributed by atoms with E-state index in [9.17, 15) is 8.42 Å². The Morgan fingerprint density at radius 3 is 2.37 bits per heavy atom. The average molecular weight is 290 g/mol. The number of nitrogens with zero attached hydrogens (tertiary/aromatic N) is 1. The molecule has 0 amide bonds. The molecule has 4 nitrogen and oxygen atoms in total. The molecular formula is C14H30N2O2S. The first-order valence-electron chi connectivity index (χ1n) is 7.61. The lowest BCUT2D eigenvalue weighted by molar-refractivity contribution is 0.368. The van der Waals surface area contributed by atoms with Crippen molar-refractivity contribution in [1.29, 1.82) is 0 Å². The van der Waals surface area contributed by atoms with Crippen LogP contribution in [0.2, 0.25) is 0 Å². The van der Waals surface area contributed by atoms with Gasteiger partial charge in [0.05, 0.1) is 5.25 Å². The largest absolute Gasteiger partial charge is 0.315 e. The second-order valence-corrected chi connectivity index (χ2v) is 8.39. The molecule has 0 heterocycles. The van der Waals surface area contributed by atoms with Gasteiger partial charge in [0.1, 0.15) is 0 Å². The summed E-state index contributed by atoms with van der Waals surface area (Å²) in [4.78, 5) is 0.